The number of anilines is 1. The molecule has 9 nitrogen and oxygen atoms in total. The van der Waals surface area contributed by atoms with Crippen LogP contribution in [0, 0.1) is 0 Å². The van der Waals surface area contributed by atoms with Gasteiger partial charge in [0.15, 0.2) is 0 Å². The molecule has 1 aliphatic rings. The maximum absolute atomic E-state index is 13.2. The second-order valence-corrected chi connectivity index (χ2v) is 10.1. The van der Waals surface area contributed by atoms with Gasteiger partial charge in [0.05, 0.1) is 34.0 Å². The lowest BCUT2D eigenvalue weighted by atomic mass is 10.1. The number of benzene rings is 2. The maximum Gasteiger partial charge on any atom is 0.416 e. The minimum absolute atomic E-state index is 0.00211. The molecular weight excluding hydrogens is 487 g/mol. The molecule has 13 heteroatoms. The van der Waals surface area contributed by atoms with Crippen molar-refractivity contribution >= 4 is 21.6 Å². The summed E-state index contributed by atoms with van der Waals surface area (Å²) in [4.78, 5) is 16.6. The van der Waals surface area contributed by atoms with E-state index in [-0.39, 0.29) is 47.1 Å². The van der Waals surface area contributed by atoms with Crippen LogP contribution in [-0.2, 0) is 20.9 Å². The van der Waals surface area contributed by atoms with E-state index < -0.39 is 27.7 Å². The summed E-state index contributed by atoms with van der Waals surface area (Å²) < 4.78 is 73.9. The number of nitrogens with zero attached hydrogens (tertiary/aromatic N) is 4. The van der Waals surface area contributed by atoms with E-state index in [0.717, 1.165) is 12.1 Å². The molecule has 0 bridgehead atoms. The van der Waals surface area contributed by atoms with Gasteiger partial charge in [-0.3, -0.25) is 4.79 Å². The summed E-state index contributed by atoms with van der Waals surface area (Å²) in [5.74, 6) is -0.719. The van der Waals surface area contributed by atoms with Gasteiger partial charge in [0, 0.05) is 18.7 Å². The first-order valence-corrected chi connectivity index (χ1v) is 12.0. The third-order valence-corrected chi connectivity index (χ3v) is 7.22. The Morgan fingerprint density at radius 1 is 1.09 bits per heavy atom. The van der Waals surface area contributed by atoms with E-state index >= 15 is 0 Å². The molecule has 1 N–H and O–H groups in total. The van der Waals surface area contributed by atoms with Crippen LogP contribution in [0.25, 0.3) is 5.69 Å². The molecule has 2 atom stereocenters. The fourth-order valence-electron chi connectivity index (χ4n) is 3.79. The zero-order valence-electron chi connectivity index (χ0n) is 18.7. The van der Waals surface area contributed by atoms with Crippen LogP contribution < -0.4 is 5.32 Å². The molecule has 35 heavy (non-hydrogen) atoms. The standard InChI is InChI=1S/C22H22F3N5O4S/c1-14-10-29(11-15(2)34-14)35(32,33)18-6-3-16(4-7-18)21(31)28-19-9-17(22(23,24)25)5-8-20(19)30-13-26-12-27-30/h3-9,12-15H,10-11H2,1-2H3,(H,28,31)/t14-,15-/m1/s1. The molecule has 2 aromatic carbocycles. The lowest BCUT2D eigenvalue weighted by Crippen LogP contribution is -2.48. The number of sulfonamides is 1. The van der Waals surface area contributed by atoms with Crippen molar-refractivity contribution in [2.24, 2.45) is 0 Å². The van der Waals surface area contributed by atoms with E-state index in [2.05, 4.69) is 15.4 Å². The Morgan fingerprint density at radius 2 is 1.74 bits per heavy atom. The SMILES string of the molecule is C[C@@H]1CN(S(=O)(=O)c2ccc(C(=O)Nc3cc(C(F)(F)F)ccc3-n3cncn3)cc2)C[C@@H](C)O1. The maximum atomic E-state index is 13.2. The van der Waals surface area contributed by atoms with Crippen molar-refractivity contribution in [3.63, 3.8) is 0 Å². The summed E-state index contributed by atoms with van der Waals surface area (Å²) in [7, 11) is -3.81. The second-order valence-electron chi connectivity index (χ2n) is 8.13. The van der Waals surface area contributed by atoms with Crippen LogP contribution in [0.1, 0.15) is 29.8 Å². The van der Waals surface area contributed by atoms with Crippen LogP contribution in [0.15, 0.2) is 60.0 Å². The van der Waals surface area contributed by atoms with E-state index in [4.69, 9.17) is 4.74 Å². The monoisotopic (exact) mass is 509 g/mol. The number of carbonyl (C=O) groups is 1. The van der Waals surface area contributed by atoms with Gasteiger partial charge in [-0.15, -0.1) is 0 Å². The van der Waals surface area contributed by atoms with E-state index in [1.54, 1.807) is 13.8 Å². The topological polar surface area (TPSA) is 106 Å². The van der Waals surface area contributed by atoms with Crippen molar-refractivity contribution in [1.29, 1.82) is 0 Å². The summed E-state index contributed by atoms with van der Waals surface area (Å²) in [6.07, 6.45) is -2.65. The predicted molar refractivity (Wildman–Crippen MR) is 120 cm³/mol. The molecule has 0 aliphatic carbocycles. The Morgan fingerprint density at radius 3 is 2.31 bits per heavy atom. The third kappa shape index (κ3) is 5.36. The van der Waals surface area contributed by atoms with Gasteiger partial charge in [-0.2, -0.15) is 22.6 Å². The number of alkyl halides is 3. The van der Waals surface area contributed by atoms with Crippen LogP contribution >= 0.6 is 0 Å². The molecular formula is C22H22F3N5O4S. The van der Waals surface area contributed by atoms with Crippen molar-refractivity contribution in [3.05, 3.63) is 66.2 Å². The number of hydrogen-bond donors (Lipinski definition) is 1. The Hall–Kier alpha value is -3.29. The number of nitrogens with one attached hydrogen (secondary N) is 1. The van der Waals surface area contributed by atoms with E-state index in [9.17, 15) is 26.4 Å². The van der Waals surface area contributed by atoms with Crippen molar-refractivity contribution in [2.75, 3.05) is 18.4 Å². The molecule has 2 heterocycles. The highest BCUT2D eigenvalue weighted by atomic mass is 32.2. The molecule has 0 unspecified atom stereocenters. The highest BCUT2D eigenvalue weighted by molar-refractivity contribution is 7.89. The lowest BCUT2D eigenvalue weighted by molar-refractivity contribution is -0.137. The summed E-state index contributed by atoms with van der Waals surface area (Å²) in [5.41, 5.74) is -0.844. The first-order chi connectivity index (χ1) is 16.4. The van der Waals surface area contributed by atoms with E-state index in [0.29, 0.717) is 0 Å². The molecule has 0 saturated carbocycles. The molecule has 0 spiro atoms. The molecule has 1 aromatic heterocycles. The Bertz CT molecular complexity index is 1300. The van der Waals surface area contributed by atoms with Crippen molar-refractivity contribution < 1.29 is 31.1 Å². The van der Waals surface area contributed by atoms with Crippen LogP contribution in [0.5, 0.6) is 0 Å². The first kappa shape index (κ1) is 24.8. The number of carbonyl (C=O) groups excluding carboxylic acids is 1. The van der Waals surface area contributed by atoms with Gasteiger partial charge in [-0.25, -0.2) is 18.1 Å². The van der Waals surface area contributed by atoms with E-state index in [1.165, 1.54) is 52.0 Å². The third-order valence-electron chi connectivity index (χ3n) is 5.38. The number of hydrogen-bond acceptors (Lipinski definition) is 6. The number of halogens is 3. The molecule has 0 radical (unpaired) electrons. The zero-order chi connectivity index (χ0) is 25.4. The Kier molecular flexibility index (Phi) is 6.66. The highest BCUT2D eigenvalue weighted by Gasteiger charge is 2.33. The number of rotatable bonds is 5. The van der Waals surface area contributed by atoms with Gasteiger partial charge in [-0.05, 0) is 56.3 Å². The Labute approximate surface area is 199 Å². The molecule has 1 amide bonds. The molecule has 3 aromatic rings. The van der Waals surface area contributed by atoms with E-state index in [1.807, 2.05) is 0 Å². The van der Waals surface area contributed by atoms with Gasteiger partial charge >= 0.3 is 6.18 Å². The van der Waals surface area contributed by atoms with Gasteiger partial charge in [0.2, 0.25) is 10.0 Å². The van der Waals surface area contributed by atoms with Crippen molar-refractivity contribution in [2.45, 2.75) is 37.1 Å². The van der Waals surface area contributed by atoms with Crippen molar-refractivity contribution in [3.8, 4) is 5.69 Å². The molecule has 1 fully saturated rings. The highest BCUT2D eigenvalue weighted by Crippen LogP contribution is 2.33. The number of morpholine rings is 1. The van der Waals surface area contributed by atoms with Gasteiger partial charge in [-0.1, -0.05) is 0 Å². The normalized spacial score (nSPS) is 19.5. The largest absolute Gasteiger partial charge is 0.416 e. The van der Waals surface area contributed by atoms with Gasteiger partial charge in [0.1, 0.15) is 12.7 Å². The van der Waals surface area contributed by atoms with Crippen LogP contribution in [-0.4, -0.2) is 58.7 Å². The summed E-state index contributed by atoms with van der Waals surface area (Å²) in [6.45, 7) is 3.98. The molecule has 1 aliphatic heterocycles. The molecule has 1 saturated heterocycles. The minimum Gasteiger partial charge on any atom is -0.373 e. The first-order valence-electron chi connectivity index (χ1n) is 10.6. The van der Waals surface area contributed by atoms with Gasteiger partial charge < -0.3 is 10.1 Å². The molecule has 186 valence electrons. The van der Waals surface area contributed by atoms with Crippen LogP contribution in [0.3, 0.4) is 0 Å². The predicted octanol–water partition coefficient (Wildman–Crippen LogP) is 3.34. The quantitative estimate of drug-likeness (QED) is 0.566. The fourth-order valence-corrected chi connectivity index (χ4v) is 5.38. The second kappa shape index (κ2) is 9.40. The lowest BCUT2D eigenvalue weighted by Gasteiger charge is -2.34. The number of amides is 1. The minimum atomic E-state index is -4.62. The number of ether oxygens (including phenoxy) is 1. The smallest absolute Gasteiger partial charge is 0.373 e. The van der Waals surface area contributed by atoms with Crippen molar-refractivity contribution in [1.82, 2.24) is 19.1 Å². The number of aromatic nitrogens is 3. The fraction of sp³-hybridized carbons (Fsp3) is 0.318. The Balaban J connectivity index is 1.58. The van der Waals surface area contributed by atoms with Gasteiger partial charge in [0.25, 0.3) is 5.91 Å². The summed E-state index contributed by atoms with van der Waals surface area (Å²) in [5, 5.41) is 6.36. The average molecular weight is 510 g/mol. The zero-order valence-corrected chi connectivity index (χ0v) is 19.5. The molecule has 4 rings (SSSR count). The summed E-state index contributed by atoms with van der Waals surface area (Å²) >= 11 is 0. The van der Waals surface area contributed by atoms with Crippen LogP contribution in [0.4, 0.5) is 18.9 Å². The average Bonchev–Trinajstić information content (AvgIpc) is 3.32. The summed E-state index contributed by atoms with van der Waals surface area (Å²) in [6, 6.07) is 8.04. The van der Waals surface area contributed by atoms with Crippen LogP contribution in [0.2, 0.25) is 0 Å².